The van der Waals surface area contributed by atoms with Crippen molar-refractivity contribution in [1.82, 2.24) is 19.4 Å². The van der Waals surface area contributed by atoms with Crippen LogP contribution >= 0.6 is 0 Å². The molecular weight excluding hydrogens is 216 g/mol. The maximum atomic E-state index is 12.1. The molecule has 1 aromatic rings. The fourth-order valence-corrected chi connectivity index (χ4v) is 2.10. The van der Waals surface area contributed by atoms with Crippen LogP contribution in [0.1, 0.15) is 12.7 Å². The van der Waals surface area contributed by atoms with E-state index < -0.39 is 0 Å². The Kier molecular flexibility index (Phi) is 3.78. The molecule has 0 aromatic carbocycles. The lowest BCUT2D eigenvalue weighted by atomic mass is 10.3. The SMILES string of the molecule is CCc1nccn1CC(=O)N1CCN(C)CC1. The number of carbonyl (C=O) groups is 1. The minimum atomic E-state index is 0.200. The van der Waals surface area contributed by atoms with E-state index in [4.69, 9.17) is 0 Å². The van der Waals surface area contributed by atoms with E-state index >= 15 is 0 Å². The zero-order valence-corrected chi connectivity index (χ0v) is 10.6. The monoisotopic (exact) mass is 236 g/mol. The van der Waals surface area contributed by atoms with Crippen LogP contribution in [0.15, 0.2) is 12.4 Å². The van der Waals surface area contributed by atoms with Gasteiger partial charge in [0.25, 0.3) is 0 Å². The van der Waals surface area contributed by atoms with E-state index in [0.29, 0.717) is 6.54 Å². The summed E-state index contributed by atoms with van der Waals surface area (Å²) in [7, 11) is 2.09. The van der Waals surface area contributed by atoms with E-state index in [1.807, 2.05) is 15.7 Å². The summed E-state index contributed by atoms with van der Waals surface area (Å²) in [4.78, 5) is 20.5. The molecule has 17 heavy (non-hydrogen) atoms. The Bertz CT molecular complexity index is 380. The molecule has 1 fully saturated rings. The Morgan fingerprint density at radius 1 is 1.35 bits per heavy atom. The van der Waals surface area contributed by atoms with Crippen LogP contribution in [0.3, 0.4) is 0 Å². The Labute approximate surface area is 102 Å². The summed E-state index contributed by atoms with van der Waals surface area (Å²) >= 11 is 0. The largest absolute Gasteiger partial charge is 0.339 e. The first-order valence-corrected chi connectivity index (χ1v) is 6.17. The Morgan fingerprint density at radius 2 is 2.06 bits per heavy atom. The topological polar surface area (TPSA) is 41.4 Å². The number of likely N-dealkylation sites (N-methyl/N-ethyl adjacent to an activating group) is 1. The zero-order chi connectivity index (χ0) is 12.3. The second-order valence-corrected chi connectivity index (χ2v) is 4.51. The number of imidazole rings is 1. The van der Waals surface area contributed by atoms with Crippen molar-refractivity contribution in [1.29, 1.82) is 0 Å². The summed E-state index contributed by atoms with van der Waals surface area (Å²) in [5.41, 5.74) is 0. The van der Waals surface area contributed by atoms with Gasteiger partial charge >= 0.3 is 0 Å². The quantitative estimate of drug-likeness (QED) is 0.754. The van der Waals surface area contributed by atoms with Gasteiger partial charge < -0.3 is 14.4 Å². The molecule has 0 bridgehead atoms. The molecule has 1 amide bonds. The third kappa shape index (κ3) is 2.85. The highest BCUT2D eigenvalue weighted by molar-refractivity contribution is 5.76. The first kappa shape index (κ1) is 12.1. The second kappa shape index (κ2) is 5.31. The number of piperazine rings is 1. The molecule has 5 heteroatoms. The summed E-state index contributed by atoms with van der Waals surface area (Å²) in [6, 6.07) is 0. The fourth-order valence-electron chi connectivity index (χ4n) is 2.10. The molecule has 1 aliphatic heterocycles. The highest BCUT2D eigenvalue weighted by Gasteiger charge is 2.19. The van der Waals surface area contributed by atoms with Crippen molar-refractivity contribution >= 4 is 5.91 Å². The second-order valence-electron chi connectivity index (χ2n) is 4.51. The fraction of sp³-hybridized carbons (Fsp3) is 0.667. The average molecular weight is 236 g/mol. The molecule has 1 saturated heterocycles. The minimum absolute atomic E-state index is 0.200. The molecule has 2 heterocycles. The lowest BCUT2D eigenvalue weighted by Gasteiger charge is -2.32. The number of aryl methyl sites for hydroxylation is 1. The molecular formula is C12H20N4O. The third-order valence-electron chi connectivity index (χ3n) is 3.28. The molecule has 0 aliphatic carbocycles. The van der Waals surface area contributed by atoms with Crippen molar-refractivity contribution in [2.75, 3.05) is 33.2 Å². The molecule has 1 aliphatic rings. The zero-order valence-electron chi connectivity index (χ0n) is 10.6. The van der Waals surface area contributed by atoms with Crippen molar-refractivity contribution in [3.63, 3.8) is 0 Å². The molecule has 0 spiro atoms. The van der Waals surface area contributed by atoms with Gasteiger partial charge in [-0.15, -0.1) is 0 Å². The molecule has 0 N–H and O–H groups in total. The molecule has 94 valence electrons. The number of nitrogens with zero attached hydrogens (tertiary/aromatic N) is 4. The molecule has 0 saturated carbocycles. The lowest BCUT2D eigenvalue weighted by Crippen LogP contribution is -2.48. The van der Waals surface area contributed by atoms with E-state index in [0.717, 1.165) is 38.4 Å². The normalized spacial score (nSPS) is 17.4. The average Bonchev–Trinajstić information content (AvgIpc) is 2.77. The highest BCUT2D eigenvalue weighted by Crippen LogP contribution is 2.04. The van der Waals surface area contributed by atoms with E-state index in [9.17, 15) is 4.79 Å². The van der Waals surface area contributed by atoms with Crippen LogP contribution < -0.4 is 0 Å². The minimum Gasteiger partial charge on any atom is -0.339 e. The number of carbonyl (C=O) groups excluding carboxylic acids is 1. The van der Waals surface area contributed by atoms with Crippen LogP contribution in [0.5, 0.6) is 0 Å². The summed E-state index contributed by atoms with van der Waals surface area (Å²) in [5.74, 6) is 1.18. The van der Waals surface area contributed by atoms with Gasteiger partial charge in [0, 0.05) is 45.0 Å². The van der Waals surface area contributed by atoms with Gasteiger partial charge in [0.15, 0.2) is 0 Å². The number of aromatic nitrogens is 2. The maximum absolute atomic E-state index is 12.1. The summed E-state index contributed by atoms with van der Waals surface area (Å²) in [6.45, 7) is 6.09. The van der Waals surface area contributed by atoms with Gasteiger partial charge in [-0.3, -0.25) is 4.79 Å². The van der Waals surface area contributed by atoms with E-state index in [-0.39, 0.29) is 5.91 Å². The van der Waals surface area contributed by atoms with Crippen LogP contribution in [0.25, 0.3) is 0 Å². The lowest BCUT2D eigenvalue weighted by molar-refractivity contribution is -0.133. The van der Waals surface area contributed by atoms with Gasteiger partial charge in [-0.2, -0.15) is 0 Å². The van der Waals surface area contributed by atoms with Crippen LogP contribution in [-0.4, -0.2) is 58.5 Å². The molecule has 0 radical (unpaired) electrons. The number of amides is 1. The van der Waals surface area contributed by atoms with Crippen LogP contribution in [0.4, 0.5) is 0 Å². The van der Waals surface area contributed by atoms with Crippen molar-refractivity contribution in [2.45, 2.75) is 19.9 Å². The van der Waals surface area contributed by atoms with Gasteiger partial charge in [-0.05, 0) is 7.05 Å². The predicted octanol–water partition coefficient (Wildman–Crippen LogP) is 0.220. The Balaban J connectivity index is 1.93. The van der Waals surface area contributed by atoms with Gasteiger partial charge in [0.05, 0.1) is 0 Å². The van der Waals surface area contributed by atoms with E-state index in [1.165, 1.54) is 0 Å². The molecule has 1 aromatic heterocycles. The molecule has 2 rings (SSSR count). The van der Waals surface area contributed by atoms with Crippen molar-refractivity contribution in [3.05, 3.63) is 18.2 Å². The Morgan fingerprint density at radius 3 is 2.71 bits per heavy atom. The van der Waals surface area contributed by atoms with Crippen molar-refractivity contribution < 1.29 is 4.79 Å². The van der Waals surface area contributed by atoms with E-state index in [1.54, 1.807) is 6.20 Å². The first-order chi connectivity index (χ1) is 8.20. The summed E-state index contributed by atoms with van der Waals surface area (Å²) < 4.78 is 1.95. The molecule has 0 unspecified atom stereocenters. The number of hydrogen-bond acceptors (Lipinski definition) is 3. The van der Waals surface area contributed by atoms with Crippen LogP contribution in [0.2, 0.25) is 0 Å². The Hall–Kier alpha value is -1.36. The third-order valence-corrected chi connectivity index (χ3v) is 3.28. The molecule has 5 nitrogen and oxygen atoms in total. The van der Waals surface area contributed by atoms with Crippen molar-refractivity contribution in [3.8, 4) is 0 Å². The van der Waals surface area contributed by atoms with Crippen LogP contribution in [0, 0.1) is 0 Å². The highest BCUT2D eigenvalue weighted by atomic mass is 16.2. The smallest absolute Gasteiger partial charge is 0.242 e. The van der Waals surface area contributed by atoms with Crippen LogP contribution in [-0.2, 0) is 17.8 Å². The van der Waals surface area contributed by atoms with E-state index in [2.05, 4.69) is 23.9 Å². The van der Waals surface area contributed by atoms with Gasteiger partial charge in [0.2, 0.25) is 5.91 Å². The number of rotatable bonds is 3. The van der Waals surface area contributed by atoms with Gasteiger partial charge in [-0.25, -0.2) is 4.98 Å². The first-order valence-electron chi connectivity index (χ1n) is 6.17. The standard InChI is InChI=1S/C12H20N4O/c1-3-11-13-4-5-16(11)10-12(17)15-8-6-14(2)7-9-15/h4-5H,3,6-10H2,1-2H3. The number of hydrogen-bond donors (Lipinski definition) is 0. The summed E-state index contributed by atoms with van der Waals surface area (Å²) in [5, 5.41) is 0. The maximum Gasteiger partial charge on any atom is 0.242 e. The predicted molar refractivity (Wildman–Crippen MR) is 65.7 cm³/mol. The van der Waals surface area contributed by atoms with Gasteiger partial charge in [0.1, 0.15) is 12.4 Å². The van der Waals surface area contributed by atoms with Gasteiger partial charge in [-0.1, -0.05) is 6.92 Å². The molecule has 0 atom stereocenters. The summed E-state index contributed by atoms with van der Waals surface area (Å²) in [6.07, 6.45) is 4.51. The van der Waals surface area contributed by atoms with Crippen molar-refractivity contribution in [2.24, 2.45) is 0 Å².